The van der Waals surface area contributed by atoms with Crippen LogP contribution in [0.2, 0.25) is 18.1 Å². The van der Waals surface area contributed by atoms with Crippen LogP contribution in [0, 0.1) is 0 Å². The van der Waals surface area contributed by atoms with Gasteiger partial charge in [0.2, 0.25) is 0 Å². The van der Waals surface area contributed by atoms with Gasteiger partial charge in [-0.2, -0.15) is 0 Å². The fourth-order valence-corrected chi connectivity index (χ4v) is 5.31. The van der Waals surface area contributed by atoms with E-state index >= 15 is 0 Å². The highest BCUT2D eigenvalue weighted by Gasteiger charge is 2.40. The highest BCUT2D eigenvalue weighted by Crippen LogP contribution is 2.38. The number of benzene rings is 3. The van der Waals surface area contributed by atoms with E-state index in [1.807, 2.05) is 78.9 Å². The second kappa shape index (κ2) is 15.2. The van der Waals surface area contributed by atoms with Crippen LogP contribution < -0.4 is 0 Å². The van der Waals surface area contributed by atoms with Crippen LogP contribution in [-0.4, -0.2) is 39.5 Å². The Balaban J connectivity index is 1.78. The van der Waals surface area contributed by atoms with Gasteiger partial charge in [-0.3, -0.25) is 0 Å². The summed E-state index contributed by atoms with van der Waals surface area (Å²) in [7, 11) is -2.13. The molecule has 210 valence electrons. The predicted molar refractivity (Wildman–Crippen MR) is 159 cm³/mol. The van der Waals surface area contributed by atoms with E-state index in [4.69, 9.17) is 18.6 Å². The summed E-state index contributed by atoms with van der Waals surface area (Å²) in [4.78, 5) is 12.3. The molecule has 0 N–H and O–H groups in total. The monoisotopic (exact) mass is 548 g/mol. The average molecular weight is 549 g/mol. The Labute approximate surface area is 235 Å². The molecular weight excluding hydrogens is 504 g/mol. The first-order chi connectivity index (χ1) is 18.7. The van der Waals surface area contributed by atoms with Crippen molar-refractivity contribution in [2.75, 3.05) is 6.61 Å². The summed E-state index contributed by atoms with van der Waals surface area (Å²) < 4.78 is 25.5. The van der Waals surface area contributed by atoms with E-state index in [1.54, 1.807) is 0 Å². The number of aldehydes is 1. The molecule has 3 atom stereocenters. The number of hydrogen-bond donors (Lipinski definition) is 0. The lowest BCUT2D eigenvalue weighted by Crippen LogP contribution is -2.47. The molecule has 3 rings (SSSR count). The van der Waals surface area contributed by atoms with E-state index in [9.17, 15) is 4.79 Å². The van der Waals surface area contributed by atoms with Gasteiger partial charge in [-0.1, -0.05) is 112 Å². The third-order valence-electron chi connectivity index (χ3n) is 7.27. The van der Waals surface area contributed by atoms with Gasteiger partial charge in [0.25, 0.3) is 0 Å². The SMILES string of the molecule is CC(C)(C)[Si](C)(C)O[C@H](COCc1ccccc1)C[C@H](OCc1ccccc1)[C@H](C=O)OCc1ccccc1. The molecule has 0 spiro atoms. The van der Waals surface area contributed by atoms with Gasteiger partial charge in [0.15, 0.2) is 14.6 Å². The third kappa shape index (κ3) is 10.5. The van der Waals surface area contributed by atoms with Crippen LogP contribution >= 0.6 is 0 Å². The van der Waals surface area contributed by atoms with Gasteiger partial charge >= 0.3 is 0 Å². The molecule has 0 bridgehead atoms. The molecule has 0 aliphatic heterocycles. The molecule has 0 heterocycles. The normalized spacial score (nSPS) is 14.5. The molecule has 0 aromatic heterocycles. The molecule has 0 amide bonds. The molecule has 0 saturated carbocycles. The van der Waals surface area contributed by atoms with Crippen molar-refractivity contribution >= 4 is 14.6 Å². The maximum Gasteiger partial charge on any atom is 0.192 e. The fourth-order valence-electron chi connectivity index (χ4n) is 3.96. The van der Waals surface area contributed by atoms with Gasteiger partial charge < -0.3 is 23.4 Å². The topological polar surface area (TPSA) is 54.0 Å². The Morgan fingerprint density at radius 3 is 1.64 bits per heavy atom. The molecule has 3 aromatic rings. The van der Waals surface area contributed by atoms with Crippen LogP contribution in [0.25, 0.3) is 0 Å². The highest BCUT2D eigenvalue weighted by atomic mass is 28.4. The second-order valence-electron chi connectivity index (χ2n) is 11.5. The van der Waals surface area contributed by atoms with E-state index in [0.29, 0.717) is 32.8 Å². The maximum absolute atomic E-state index is 12.3. The Hall–Kier alpha value is -2.61. The standard InChI is InChI=1S/C33H44O5Si/c1-33(2,3)39(4,5)38-30(26-35-23-27-15-9-6-10-16-27)21-31(36-24-28-17-11-7-12-18-28)32(22-34)37-25-29-19-13-8-14-20-29/h6-20,22,30-32H,21,23-26H2,1-5H3/t30-,31-,32-/m0/s1. The van der Waals surface area contributed by atoms with Crippen LogP contribution in [0.4, 0.5) is 0 Å². The van der Waals surface area contributed by atoms with Crippen molar-refractivity contribution < 1.29 is 23.4 Å². The van der Waals surface area contributed by atoms with E-state index in [0.717, 1.165) is 23.0 Å². The lowest BCUT2D eigenvalue weighted by Gasteiger charge is -2.40. The quantitative estimate of drug-likeness (QED) is 0.138. The lowest BCUT2D eigenvalue weighted by atomic mass is 10.1. The number of carbonyl (C=O) groups excluding carboxylic acids is 1. The molecule has 0 aliphatic carbocycles. The van der Waals surface area contributed by atoms with Gasteiger partial charge in [-0.25, -0.2) is 0 Å². The Bertz CT molecular complexity index is 1080. The molecule has 0 radical (unpaired) electrons. The van der Waals surface area contributed by atoms with Gasteiger partial charge in [0.05, 0.1) is 38.6 Å². The molecule has 0 aliphatic rings. The van der Waals surface area contributed by atoms with Crippen LogP contribution in [0.1, 0.15) is 43.9 Å². The Kier molecular flexibility index (Phi) is 12.1. The molecule has 3 aromatic carbocycles. The minimum Gasteiger partial charge on any atom is -0.411 e. The van der Waals surface area contributed by atoms with Gasteiger partial charge in [0, 0.05) is 6.42 Å². The zero-order valence-electron chi connectivity index (χ0n) is 24.0. The molecule has 6 heteroatoms. The first-order valence-electron chi connectivity index (χ1n) is 13.7. The van der Waals surface area contributed by atoms with Crippen molar-refractivity contribution in [3.05, 3.63) is 108 Å². The second-order valence-corrected chi connectivity index (χ2v) is 16.2. The van der Waals surface area contributed by atoms with Crippen LogP contribution in [0.3, 0.4) is 0 Å². The lowest BCUT2D eigenvalue weighted by molar-refractivity contribution is -0.137. The van der Waals surface area contributed by atoms with Crippen LogP contribution in [-0.2, 0) is 43.3 Å². The third-order valence-corrected chi connectivity index (χ3v) is 11.8. The highest BCUT2D eigenvalue weighted by molar-refractivity contribution is 6.74. The fraction of sp³-hybridized carbons (Fsp3) is 0.424. The number of rotatable bonds is 16. The van der Waals surface area contributed by atoms with E-state index < -0.39 is 20.5 Å². The summed E-state index contributed by atoms with van der Waals surface area (Å²) >= 11 is 0. The number of ether oxygens (including phenoxy) is 3. The van der Waals surface area contributed by atoms with Gasteiger partial charge in [-0.15, -0.1) is 0 Å². The first-order valence-corrected chi connectivity index (χ1v) is 16.6. The van der Waals surface area contributed by atoms with Crippen LogP contribution in [0.5, 0.6) is 0 Å². The van der Waals surface area contributed by atoms with Crippen molar-refractivity contribution in [2.24, 2.45) is 0 Å². The number of hydrogen-bond acceptors (Lipinski definition) is 5. The summed E-state index contributed by atoms with van der Waals surface area (Å²) in [5.74, 6) is 0. The molecule has 39 heavy (non-hydrogen) atoms. The molecular formula is C33H44O5Si. The zero-order valence-corrected chi connectivity index (χ0v) is 25.0. The largest absolute Gasteiger partial charge is 0.411 e. The summed E-state index contributed by atoms with van der Waals surface area (Å²) in [5, 5.41) is 0.0267. The summed E-state index contributed by atoms with van der Waals surface area (Å²) in [6.45, 7) is 12.7. The van der Waals surface area contributed by atoms with Crippen molar-refractivity contribution in [3.8, 4) is 0 Å². The maximum atomic E-state index is 12.3. The summed E-state index contributed by atoms with van der Waals surface area (Å²) in [6, 6.07) is 30.0. The molecule has 5 nitrogen and oxygen atoms in total. The molecule has 0 unspecified atom stereocenters. The molecule has 0 fully saturated rings. The summed E-state index contributed by atoms with van der Waals surface area (Å²) in [6.07, 6.45) is -0.160. The summed E-state index contributed by atoms with van der Waals surface area (Å²) in [5.41, 5.74) is 3.15. The van der Waals surface area contributed by atoms with Crippen molar-refractivity contribution in [2.45, 2.75) is 83.5 Å². The van der Waals surface area contributed by atoms with E-state index in [1.165, 1.54) is 0 Å². The Morgan fingerprint density at radius 2 is 1.18 bits per heavy atom. The van der Waals surface area contributed by atoms with Crippen molar-refractivity contribution in [3.63, 3.8) is 0 Å². The van der Waals surface area contributed by atoms with Crippen LogP contribution in [0.15, 0.2) is 91.0 Å². The van der Waals surface area contributed by atoms with E-state index in [-0.39, 0.29) is 11.1 Å². The van der Waals surface area contributed by atoms with E-state index in [2.05, 4.69) is 46.0 Å². The average Bonchev–Trinajstić information content (AvgIpc) is 2.92. The van der Waals surface area contributed by atoms with Crippen molar-refractivity contribution in [1.82, 2.24) is 0 Å². The molecule has 0 saturated heterocycles. The van der Waals surface area contributed by atoms with Gasteiger partial charge in [-0.05, 0) is 34.8 Å². The first kappa shape index (κ1) is 30.9. The minimum atomic E-state index is -2.13. The number of carbonyl (C=O) groups is 1. The Morgan fingerprint density at radius 1 is 0.718 bits per heavy atom. The van der Waals surface area contributed by atoms with Crippen molar-refractivity contribution in [1.29, 1.82) is 0 Å². The smallest absolute Gasteiger partial charge is 0.192 e. The minimum absolute atomic E-state index is 0.0267. The predicted octanol–water partition coefficient (Wildman–Crippen LogP) is 7.35. The zero-order chi connectivity index (χ0) is 28.1. The van der Waals surface area contributed by atoms with Gasteiger partial charge in [0.1, 0.15) is 6.10 Å².